The summed E-state index contributed by atoms with van der Waals surface area (Å²) in [6.07, 6.45) is -2.02. The van der Waals surface area contributed by atoms with E-state index < -0.39 is 32.0 Å². The van der Waals surface area contributed by atoms with Crippen LogP contribution >= 0.6 is 11.8 Å². The van der Waals surface area contributed by atoms with Crippen molar-refractivity contribution in [3.63, 3.8) is 0 Å². The maximum Gasteiger partial charge on any atom is 0.501 e. The van der Waals surface area contributed by atoms with Crippen molar-refractivity contribution in [2.75, 3.05) is 29.9 Å². The SMILES string of the molecule is CC1OCCC1Sc1nc2c(c(Nc3ccc(S(=O)(=O)C(F)(F)F)cc3)n1)CCN(c1ncccc1C(F)(F)F)CC2. The van der Waals surface area contributed by atoms with Crippen LogP contribution < -0.4 is 10.2 Å². The van der Waals surface area contributed by atoms with Gasteiger partial charge in [0.15, 0.2) is 5.16 Å². The first-order valence-electron chi connectivity index (χ1n) is 12.9. The van der Waals surface area contributed by atoms with Crippen LogP contribution in [0.2, 0.25) is 0 Å². The van der Waals surface area contributed by atoms with E-state index in [0.29, 0.717) is 28.8 Å². The molecule has 2 aliphatic rings. The predicted octanol–water partition coefficient (Wildman–Crippen LogP) is 5.80. The number of ether oxygens (including phenoxy) is 1. The molecule has 3 aromatic rings. The molecule has 4 heterocycles. The molecule has 2 aromatic heterocycles. The zero-order valence-electron chi connectivity index (χ0n) is 22.0. The first-order valence-corrected chi connectivity index (χ1v) is 15.2. The third-order valence-electron chi connectivity index (χ3n) is 7.01. The Morgan fingerprint density at radius 1 is 1.02 bits per heavy atom. The molecule has 1 fully saturated rings. The van der Waals surface area contributed by atoms with Gasteiger partial charge >= 0.3 is 11.7 Å². The molecule has 0 radical (unpaired) electrons. The van der Waals surface area contributed by atoms with Crippen molar-refractivity contribution in [1.29, 1.82) is 0 Å². The van der Waals surface area contributed by atoms with Crippen LogP contribution in [0.25, 0.3) is 0 Å². The van der Waals surface area contributed by atoms with Crippen molar-refractivity contribution < 1.29 is 39.5 Å². The van der Waals surface area contributed by atoms with Gasteiger partial charge in [-0.25, -0.2) is 23.4 Å². The summed E-state index contributed by atoms with van der Waals surface area (Å²) in [6, 6.07) is 6.29. The van der Waals surface area contributed by atoms with E-state index in [9.17, 15) is 34.8 Å². The smallest absolute Gasteiger partial charge is 0.377 e. The van der Waals surface area contributed by atoms with Gasteiger partial charge in [0.2, 0.25) is 0 Å². The second-order valence-corrected chi connectivity index (χ2v) is 12.9. The van der Waals surface area contributed by atoms with E-state index in [2.05, 4.69) is 15.3 Å². The average molecular weight is 634 g/mol. The standard InChI is InChI=1S/C26H25F6N5O3S2/c1-15-21(10-14-40-15)41-24-35-20-9-13-37(23-19(25(27,28)29)3-2-11-33-23)12-8-18(20)22(36-24)34-16-4-6-17(7-5-16)42(38,39)26(30,31)32/h2-7,11,15,21H,8-10,12-14H2,1H3,(H,34,35,36). The quantitative estimate of drug-likeness (QED) is 0.267. The van der Waals surface area contributed by atoms with E-state index in [1.807, 2.05) is 6.92 Å². The number of thioether (sulfide) groups is 1. The van der Waals surface area contributed by atoms with Gasteiger partial charge in [0.25, 0.3) is 9.84 Å². The fourth-order valence-corrected chi connectivity index (χ4v) is 6.63. The second-order valence-electron chi connectivity index (χ2n) is 9.76. The van der Waals surface area contributed by atoms with Crippen LogP contribution in [0.15, 0.2) is 52.6 Å². The highest BCUT2D eigenvalue weighted by atomic mass is 32.2. The van der Waals surface area contributed by atoms with Crippen LogP contribution in [0, 0.1) is 0 Å². The minimum absolute atomic E-state index is 0.0441. The lowest BCUT2D eigenvalue weighted by atomic mass is 10.1. The van der Waals surface area contributed by atoms with E-state index in [0.717, 1.165) is 24.6 Å². The van der Waals surface area contributed by atoms with Gasteiger partial charge in [-0.05, 0) is 56.2 Å². The van der Waals surface area contributed by atoms with Gasteiger partial charge in [-0.3, -0.25) is 0 Å². The van der Waals surface area contributed by atoms with E-state index in [-0.39, 0.29) is 48.8 Å². The van der Waals surface area contributed by atoms with Gasteiger partial charge in [-0.1, -0.05) is 11.8 Å². The molecule has 42 heavy (non-hydrogen) atoms. The first-order chi connectivity index (χ1) is 19.7. The first kappa shape index (κ1) is 30.4. The monoisotopic (exact) mass is 633 g/mol. The molecule has 8 nitrogen and oxygen atoms in total. The molecule has 2 unspecified atom stereocenters. The Morgan fingerprint density at radius 3 is 2.38 bits per heavy atom. The zero-order valence-corrected chi connectivity index (χ0v) is 23.7. The number of benzene rings is 1. The van der Waals surface area contributed by atoms with Crippen LogP contribution in [0.3, 0.4) is 0 Å². The van der Waals surface area contributed by atoms with Crippen molar-refractivity contribution in [3.8, 4) is 0 Å². The highest BCUT2D eigenvalue weighted by Crippen LogP contribution is 2.38. The van der Waals surface area contributed by atoms with Crippen molar-refractivity contribution in [2.24, 2.45) is 0 Å². The number of aromatic nitrogens is 3. The number of nitrogens with zero attached hydrogens (tertiary/aromatic N) is 4. The summed E-state index contributed by atoms with van der Waals surface area (Å²) < 4.78 is 109. The zero-order chi connectivity index (χ0) is 30.3. The van der Waals surface area contributed by atoms with Gasteiger partial charge in [0, 0.05) is 48.8 Å². The molecule has 2 aliphatic heterocycles. The number of alkyl halides is 6. The van der Waals surface area contributed by atoms with E-state index in [1.165, 1.54) is 36.2 Å². The minimum Gasteiger partial charge on any atom is -0.377 e. The number of rotatable bonds is 6. The summed E-state index contributed by atoms with van der Waals surface area (Å²) in [7, 11) is -5.52. The number of nitrogens with one attached hydrogen (secondary N) is 1. The number of sulfone groups is 1. The molecule has 5 rings (SSSR count). The third-order valence-corrected chi connectivity index (χ3v) is 9.83. The fraction of sp³-hybridized carbons (Fsp3) is 0.423. The van der Waals surface area contributed by atoms with E-state index >= 15 is 0 Å². The molecule has 1 aromatic carbocycles. The number of hydrogen-bond acceptors (Lipinski definition) is 9. The third kappa shape index (κ3) is 6.29. The molecule has 2 atom stereocenters. The molecular formula is C26H25F6N5O3S2. The van der Waals surface area contributed by atoms with Gasteiger partial charge in [-0.15, -0.1) is 0 Å². The van der Waals surface area contributed by atoms with Crippen LogP contribution in [0.1, 0.15) is 30.2 Å². The van der Waals surface area contributed by atoms with E-state index in [4.69, 9.17) is 9.72 Å². The van der Waals surface area contributed by atoms with Gasteiger partial charge in [0.05, 0.1) is 22.3 Å². The molecule has 1 saturated heterocycles. The van der Waals surface area contributed by atoms with Gasteiger partial charge < -0.3 is 15.0 Å². The van der Waals surface area contributed by atoms with Gasteiger partial charge in [-0.2, -0.15) is 26.3 Å². The van der Waals surface area contributed by atoms with Crippen molar-refractivity contribution in [1.82, 2.24) is 15.0 Å². The Hall–Kier alpha value is -3.11. The Morgan fingerprint density at radius 2 is 1.74 bits per heavy atom. The van der Waals surface area contributed by atoms with Gasteiger partial charge in [0.1, 0.15) is 11.6 Å². The largest absolute Gasteiger partial charge is 0.501 e. The summed E-state index contributed by atoms with van der Waals surface area (Å²) in [5.74, 6) is 0.146. The second kappa shape index (κ2) is 11.5. The highest BCUT2D eigenvalue weighted by Gasteiger charge is 2.46. The summed E-state index contributed by atoms with van der Waals surface area (Å²) in [6.45, 7) is 2.91. The van der Waals surface area contributed by atoms with E-state index in [1.54, 1.807) is 4.90 Å². The minimum atomic E-state index is -5.52. The van der Waals surface area contributed by atoms with Crippen LogP contribution in [-0.2, 0) is 33.6 Å². The Labute approximate surface area is 241 Å². The molecule has 0 saturated carbocycles. The topological polar surface area (TPSA) is 97.3 Å². The fourth-order valence-electron chi connectivity index (χ4n) is 4.80. The normalized spacial score (nSPS) is 19.8. The van der Waals surface area contributed by atoms with Crippen LogP contribution in [-0.4, -0.2) is 59.9 Å². The summed E-state index contributed by atoms with van der Waals surface area (Å²) in [5, 5.41) is 3.55. The lowest BCUT2D eigenvalue weighted by molar-refractivity contribution is -0.137. The predicted molar refractivity (Wildman–Crippen MR) is 144 cm³/mol. The van der Waals surface area contributed by atoms with Crippen molar-refractivity contribution in [2.45, 2.75) is 59.3 Å². The van der Waals surface area contributed by atoms with Crippen LogP contribution in [0.5, 0.6) is 0 Å². The Kier molecular flexibility index (Phi) is 8.33. The maximum absolute atomic E-state index is 13.7. The number of fused-ring (bicyclic) bond motifs is 1. The summed E-state index contributed by atoms with van der Waals surface area (Å²) in [5.41, 5.74) is -4.76. The lowest BCUT2D eigenvalue weighted by Gasteiger charge is -2.24. The lowest BCUT2D eigenvalue weighted by Crippen LogP contribution is -2.29. The molecule has 226 valence electrons. The molecule has 0 spiro atoms. The number of pyridine rings is 1. The summed E-state index contributed by atoms with van der Waals surface area (Å²) in [4.78, 5) is 14.0. The Bertz CT molecular complexity index is 1550. The maximum atomic E-state index is 13.7. The molecule has 0 amide bonds. The average Bonchev–Trinajstić information content (AvgIpc) is 3.19. The molecule has 1 N–H and O–H groups in total. The summed E-state index contributed by atoms with van der Waals surface area (Å²) >= 11 is 1.41. The Balaban J connectivity index is 1.47. The number of hydrogen-bond donors (Lipinski definition) is 1. The molecule has 0 bridgehead atoms. The molecular weight excluding hydrogens is 608 g/mol. The number of anilines is 3. The molecule has 0 aliphatic carbocycles. The highest BCUT2D eigenvalue weighted by molar-refractivity contribution is 7.99. The molecule has 16 heteroatoms. The number of halogens is 6. The van der Waals surface area contributed by atoms with Crippen LogP contribution in [0.4, 0.5) is 43.7 Å². The van der Waals surface area contributed by atoms with Crippen molar-refractivity contribution in [3.05, 3.63) is 59.4 Å². The van der Waals surface area contributed by atoms with Crippen molar-refractivity contribution >= 4 is 38.9 Å².